The monoisotopic (exact) mass is 302 g/mol. The highest BCUT2D eigenvalue weighted by Gasteiger charge is 2.27. The number of halogens is 3. The molecule has 0 bridgehead atoms. The van der Waals surface area contributed by atoms with Gasteiger partial charge in [-0.15, -0.1) is 0 Å². The van der Waals surface area contributed by atoms with E-state index < -0.39 is 29.5 Å². The fourth-order valence-corrected chi connectivity index (χ4v) is 2.52. The molecule has 1 fully saturated rings. The van der Waals surface area contributed by atoms with Crippen molar-refractivity contribution in [3.8, 4) is 0 Å². The first kappa shape index (κ1) is 15.8. The predicted octanol–water partition coefficient (Wildman–Crippen LogP) is 1.87. The van der Waals surface area contributed by atoms with Gasteiger partial charge < -0.3 is 10.0 Å². The summed E-state index contributed by atoms with van der Waals surface area (Å²) < 4.78 is 39.8. The van der Waals surface area contributed by atoms with Crippen molar-refractivity contribution >= 4 is 5.97 Å². The molecule has 1 aliphatic rings. The molecule has 0 amide bonds. The molecule has 0 saturated carbocycles. The largest absolute Gasteiger partial charge is 0.481 e. The van der Waals surface area contributed by atoms with E-state index in [4.69, 9.17) is 5.11 Å². The van der Waals surface area contributed by atoms with E-state index in [1.807, 2.05) is 11.9 Å². The van der Waals surface area contributed by atoms with Gasteiger partial charge in [-0.25, -0.2) is 13.2 Å². The summed E-state index contributed by atoms with van der Waals surface area (Å²) in [5.41, 5.74) is 0.151. The summed E-state index contributed by atoms with van der Waals surface area (Å²) >= 11 is 0. The molecule has 1 atom stereocenters. The molecular weight excluding hydrogens is 285 g/mol. The van der Waals surface area contributed by atoms with Crippen LogP contribution in [0, 0.1) is 17.5 Å². The number of benzene rings is 1. The molecule has 21 heavy (non-hydrogen) atoms. The number of hydrogen-bond donors (Lipinski definition) is 1. The fourth-order valence-electron chi connectivity index (χ4n) is 2.52. The Morgan fingerprint density at radius 3 is 2.19 bits per heavy atom. The van der Waals surface area contributed by atoms with E-state index in [2.05, 4.69) is 4.90 Å². The average Bonchev–Trinajstić information content (AvgIpc) is 2.42. The van der Waals surface area contributed by atoms with E-state index in [1.54, 1.807) is 0 Å². The molecule has 1 aliphatic heterocycles. The quantitative estimate of drug-likeness (QED) is 0.862. The summed E-state index contributed by atoms with van der Waals surface area (Å²) in [6.45, 7) is 2.66. The summed E-state index contributed by atoms with van der Waals surface area (Å²) in [5.74, 6) is -5.20. The first-order valence-corrected chi connectivity index (χ1v) is 6.67. The minimum absolute atomic E-state index is 0.151. The van der Waals surface area contributed by atoms with Gasteiger partial charge >= 0.3 is 5.97 Å². The van der Waals surface area contributed by atoms with Crippen molar-refractivity contribution in [3.05, 3.63) is 35.1 Å². The van der Waals surface area contributed by atoms with E-state index in [-0.39, 0.29) is 12.0 Å². The second kappa shape index (κ2) is 6.44. The van der Waals surface area contributed by atoms with Crippen molar-refractivity contribution in [1.29, 1.82) is 0 Å². The van der Waals surface area contributed by atoms with E-state index >= 15 is 0 Å². The van der Waals surface area contributed by atoms with E-state index in [0.29, 0.717) is 13.1 Å². The van der Waals surface area contributed by atoms with Crippen LogP contribution in [-0.4, -0.2) is 54.1 Å². The molecule has 0 radical (unpaired) electrons. The SMILES string of the molecule is CN1CCN(C(CC(=O)O)c2cc(F)c(F)c(F)c2)CC1. The Bertz CT molecular complexity index is 508. The molecule has 2 rings (SSSR count). The minimum Gasteiger partial charge on any atom is -0.481 e. The van der Waals surface area contributed by atoms with E-state index in [9.17, 15) is 18.0 Å². The number of nitrogens with zero attached hydrogens (tertiary/aromatic N) is 2. The van der Waals surface area contributed by atoms with Crippen LogP contribution in [0.2, 0.25) is 0 Å². The zero-order chi connectivity index (χ0) is 15.6. The Labute approximate surface area is 120 Å². The maximum Gasteiger partial charge on any atom is 0.305 e. The Kier molecular flexibility index (Phi) is 4.84. The summed E-state index contributed by atoms with van der Waals surface area (Å²) in [6.07, 6.45) is -0.284. The molecule has 4 nitrogen and oxygen atoms in total. The van der Waals surface area contributed by atoms with Crippen molar-refractivity contribution < 1.29 is 23.1 Å². The topological polar surface area (TPSA) is 43.8 Å². The Hall–Kier alpha value is -1.60. The van der Waals surface area contributed by atoms with Crippen molar-refractivity contribution in [2.75, 3.05) is 33.2 Å². The number of carboxylic acids is 1. The number of carboxylic acid groups (broad SMARTS) is 1. The van der Waals surface area contributed by atoms with Crippen LogP contribution in [0.25, 0.3) is 0 Å². The molecule has 1 N–H and O–H groups in total. The third-order valence-electron chi connectivity index (χ3n) is 3.74. The lowest BCUT2D eigenvalue weighted by atomic mass is 10.0. The number of piperazine rings is 1. The lowest BCUT2D eigenvalue weighted by molar-refractivity contribution is -0.138. The fraction of sp³-hybridized carbons (Fsp3) is 0.500. The average molecular weight is 302 g/mol. The molecule has 0 spiro atoms. The van der Waals surface area contributed by atoms with Crippen molar-refractivity contribution in [3.63, 3.8) is 0 Å². The zero-order valence-electron chi connectivity index (χ0n) is 11.7. The van der Waals surface area contributed by atoms with E-state index in [1.165, 1.54) is 0 Å². The van der Waals surface area contributed by atoms with Gasteiger partial charge in [0, 0.05) is 32.2 Å². The normalized spacial score (nSPS) is 18.7. The molecule has 0 aliphatic carbocycles. The van der Waals surface area contributed by atoms with Crippen LogP contribution in [0.4, 0.5) is 13.2 Å². The molecule has 1 aromatic carbocycles. The van der Waals surface area contributed by atoms with Gasteiger partial charge in [0.05, 0.1) is 6.42 Å². The third-order valence-corrected chi connectivity index (χ3v) is 3.74. The standard InChI is InChI=1S/C14H17F3N2O2/c1-18-2-4-19(5-3-18)12(8-13(20)21)9-6-10(15)14(17)11(16)7-9/h6-7,12H,2-5,8H2,1H3,(H,20,21). The molecule has 116 valence electrons. The number of hydrogen-bond acceptors (Lipinski definition) is 3. The van der Waals surface area contributed by atoms with Crippen LogP contribution in [-0.2, 0) is 4.79 Å². The third kappa shape index (κ3) is 3.74. The summed E-state index contributed by atoms with van der Waals surface area (Å²) in [4.78, 5) is 15.0. The molecule has 7 heteroatoms. The van der Waals surface area contributed by atoms with Crippen molar-refractivity contribution in [1.82, 2.24) is 9.80 Å². The number of carbonyl (C=O) groups is 1. The smallest absolute Gasteiger partial charge is 0.305 e. The molecule has 1 saturated heterocycles. The van der Waals surface area contributed by atoms with Gasteiger partial charge in [0.15, 0.2) is 17.5 Å². The highest BCUT2D eigenvalue weighted by molar-refractivity contribution is 5.68. The molecule has 1 aromatic rings. The number of rotatable bonds is 4. The van der Waals surface area contributed by atoms with Crippen molar-refractivity contribution in [2.24, 2.45) is 0 Å². The van der Waals surface area contributed by atoms with Gasteiger partial charge in [-0.1, -0.05) is 0 Å². The van der Waals surface area contributed by atoms with Crippen molar-refractivity contribution in [2.45, 2.75) is 12.5 Å². The van der Waals surface area contributed by atoms with Crippen LogP contribution >= 0.6 is 0 Å². The number of aliphatic carboxylic acids is 1. The van der Waals surface area contributed by atoms with Crippen LogP contribution in [0.5, 0.6) is 0 Å². The molecule has 1 heterocycles. The second-order valence-corrected chi connectivity index (χ2v) is 5.25. The number of likely N-dealkylation sites (N-methyl/N-ethyl adjacent to an activating group) is 1. The van der Waals surface area contributed by atoms with Crippen LogP contribution in [0.1, 0.15) is 18.0 Å². The minimum atomic E-state index is -1.54. The molecular formula is C14H17F3N2O2. The zero-order valence-corrected chi connectivity index (χ0v) is 11.7. The van der Waals surface area contributed by atoms with Crippen LogP contribution < -0.4 is 0 Å². The van der Waals surface area contributed by atoms with Crippen LogP contribution in [0.15, 0.2) is 12.1 Å². The summed E-state index contributed by atoms with van der Waals surface area (Å²) in [6, 6.07) is 1.09. The highest BCUT2D eigenvalue weighted by atomic mass is 19.2. The Morgan fingerprint density at radius 1 is 1.19 bits per heavy atom. The maximum atomic E-state index is 13.4. The summed E-state index contributed by atoms with van der Waals surface area (Å²) in [7, 11) is 1.95. The first-order chi connectivity index (χ1) is 9.88. The van der Waals surface area contributed by atoms with E-state index in [0.717, 1.165) is 25.2 Å². The van der Waals surface area contributed by atoms with Crippen LogP contribution in [0.3, 0.4) is 0 Å². The van der Waals surface area contributed by atoms with Gasteiger partial charge in [-0.2, -0.15) is 0 Å². The van der Waals surface area contributed by atoms with Gasteiger partial charge in [-0.3, -0.25) is 9.69 Å². The second-order valence-electron chi connectivity index (χ2n) is 5.25. The Morgan fingerprint density at radius 2 is 1.71 bits per heavy atom. The maximum absolute atomic E-state index is 13.4. The van der Waals surface area contributed by atoms with Gasteiger partial charge in [0.2, 0.25) is 0 Å². The lowest BCUT2D eigenvalue weighted by Crippen LogP contribution is -2.46. The lowest BCUT2D eigenvalue weighted by Gasteiger charge is -2.37. The van der Waals surface area contributed by atoms with Gasteiger partial charge in [0.1, 0.15) is 0 Å². The highest BCUT2D eigenvalue weighted by Crippen LogP contribution is 2.28. The summed E-state index contributed by atoms with van der Waals surface area (Å²) in [5, 5.41) is 9.02. The predicted molar refractivity (Wildman–Crippen MR) is 70.4 cm³/mol. The first-order valence-electron chi connectivity index (χ1n) is 6.67. The molecule has 0 aromatic heterocycles. The van der Waals surface area contributed by atoms with Gasteiger partial charge in [-0.05, 0) is 24.7 Å². The Balaban J connectivity index is 2.29. The van der Waals surface area contributed by atoms with Gasteiger partial charge in [0.25, 0.3) is 0 Å². The molecule has 1 unspecified atom stereocenters.